The van der Waals surface area contributed by atoms with Gasteiger partial charge in [0.15, 0.2) is 0 Å². The van der Waals surface area contributed by atoms with Crippen LogP contribution in [-0.4, -0.2) is 29.4 Å². The first-order valence-corrected chi connectivity index (χ1v) is 3.66. The highest BCUT2D eigenvalue weighted by atomic mass is 16.2. The van der Waals surface area contributed by atoms with Gasteiger partial charge in [0.2, 0.25) is 5.91 Å². The number of rotatable bonds is 0. The topological polar surface area (TPSA) is 46.3 Å². The van der Waals surface area contributed by atoms with Gasteiger partial charge in [-0.3, -0.25) is 4.79 Å². The minimum Gasteiger partial charge on any atom is -0.341 e. The Bertz CT molecular complexity index is 192. The summed E-state index contributed by atoms with van der Waals surface area (Å²) in [6.45, 7) is 3.28. The maximum absolute atomic E-state index is 10.8. The summed E-state index contributed by atoms with van der Waals surface area (Å²) in [7, 11) is 0. The second-order valence-electron chi connectivity index (χ2n) is 3.53. The van der Waals surface area contributed by atoms with Gasteiger partial charge in [0, 0.05) is 25.6 Å². The summed E-state index contributed by atoms with van der Waals surface area (Å²) in [5.41, 5.74) is 5.91. The largest absolute Gasteiger partial charge is 0.341 e. The third-order valence-corrected chi connectivity index (χ3v) is 2.65. The van der Waals surface area contributed by atoms with Crippen molar-refractivity contribution in [3.8, 4) is 0 Å². The number of amides is 1. The smallest absolute Gasteiger partial charge is 0.219 e. The highest BCUT2D eigenvalue weighted by Gasteiger charge is 2.57. The maximum atomic E-state index is 10.8. The number of carbonyl (C=O) groups excluding carboxylic acids is 1. The lowest BCUT2D eigenvalue weighted by molar-refractivity contribution is -0.128. The van der Waals surface area contributed by atoms with E-state index in [1.54, 1.807) is 6.92 Å². The molecule has 1 heterocycles. The first-order valence-electron chi connectivity index (χ1n) is 3.66. The quantitative estimate of drug-likeness (QED) is 0.496. The van der Waals surface area contributed by atoms with Gasteiger partial charge in [-0.2, -0.15) is 0 Å². The van der Waals surface area contributed by atoms with E-state index < -0.39 is 0 Å². The van der Waals surface area contributed by atoms with Gasteiger partial charge in [-0.1, -0.05) is 0 Å². The van der Waals surface area contributed by atoms with Gasteiger partial charge in [0.1, 0.15) is 0 Å². The van der Waals surface area contributed by atoms with Gasteiger partial charge in [-0.15, -0.1) is 0 Å². The van der Waals surface area contributed by atoms with E-state index in [2.05, 4.69) is 0 Å². The molecule has 1 amide bonds. The zero-order valence-electron chi connectivity index (χ0n) is 6.13. The zero-order chi connectivity index (χ0) is 7.35. The third-order valence-electron chi connectivity index (χ3n) is 2.65. The van der Waals surface area contributed by atoms with Gasteiger partial charge >= 0.3 is 0 Å². The van der Waals surface area contributed by atoms with Gasteiger partial charge in [0.25, 0.3) is 0 Å². The van der Waals surface area contributed by atoms with Crippen LogP contribution in [0.3, 0.4) is 0 Å². The number of nitrogens with two attached hydrogens (primary N) is 1. The highest BCUT2D eigenvalue weighted by Crippen LogP contribution is 2.46. The predicted molar refractivity (Wildman–Crippen MR) is 37.3 cm³/mol. The lowest BCUT2D eigenvalue weighted by Gasteiger charge is -2.16. The van der Waals surface area contributed by atoms with E-state index in [-0.39, 0.29) is 11.4 Å². The summed E-state index contributed by atoms with van der Waals surface area (Å²) in [6, 6.07) is 0. The minimum absolute atomic E-state index is 0.0195. The SMILES string of the molecule is CC(=O)N1CC2C[C@]2(N)C1. The fourth-order valence-corrected chi connectivity index (χ4v) is 1.77. The van der Waals surface area contributed by atoms with Crippen molar-refractivity contribution < 1.29 is 4.79 Å². The molecule has 10 heavy (non-hydrogen) atoms. The summed E-state index contributed by atoms with van der Waals surface area (Å²) < 4.78 is 0. The Hall–Kier alpha value is -0.570. The van der Waals surface area contributed by atoms with E-state index in [0.717, 1.165) is 19.5 Å². The number of hydrogen-bond acceptors (Lipinski definition) is 2. The molecule has 1 unspecified atom stereocenters. The van der Waals surface area contributed by atoms with Gasteiger partial charge in [0.05, 0.1) is 0 Å². The Labute approximate surface area is 60.2 Å². The molecular weight excluding hydrogens is 128 g/mol. The molecule has 0 radical (unpaired) electrons. The lowest BCUT2D eigenvalue weighted by Crippen LogP contribution is -2.35. The first-order chi connectivity index (χ1) is 4.62. The monoisotopic (exact) mass is 140 g/mol. The molecule has 0 aromatic rings. The number of piperidine rings is 1. The molecule has 0 aromatic carbocycles. The van der Waals surface area contributed by atoms with Crippen LogP contribution in [0.1, 0.15) is 13.3 Å². The molecule has 3 heteroatoms. The molecule has 2 atom stereocenters. The average molecular weight is 140 g/mol. The number of carbonyl (C=O) groups is 1. The Morgan fingerprint density at radius 2 is 2.50 bits per heavy atom. The molecule has 2 fully saturated rings. The van der Waals surface area contributed by atoms with Crippen LogP contribution in [-0.2, 0) is 4.79 Å². The summed E-state index contributed by atoms with van der Waals surface area (Å²) in [6.07, 6.45) is 1.12. The fourth-order valence-electron chi connectivity index (χ4n) is 1.77. The van der Waals surface area contributed by atoms with Crippen molar-refractivity contribution in [3.63, 3.8) is 0 Å². The third kappa shape index (κ3) is 0.669. The van der Waals surface area contributed by atoms with Crippen molar-refractivity contribution in [2.45, 2.75) is 18.9 Å². The Morgan fingerprint density at radius 1 is 1.80 bits per heavy atom. The van der Waals surface area contributed by atoms with Crippen molar-refractivity contribution in [1.29, 1.82) is 0 Å². The molecule has 3 nitrogen and oxygen atoms in total. The van der Waals surface area contributed by atoms with Crippen LogP contribution in [0.5, 0.6) is 0 Å². The summed E-state index contributed by atoms with van der Waals surface area (Å²) >= 11 is 0. The number of fused-ring (bicyclic) bond motifs is 1. The Morgan fingerprint density at radius 3 is 2.80 bits per heavy atom. The van der Waals surface area contributed by atoms with Crippen LogP contribution in [0, 0.1) is 5.92 Å². The van der Waals surface area contributed by atoms with Crippen LogP contribution >= 0.6 is 0 Å². The molecule has 2 N–H and O–H groups in total. The fraction of sp³-hybridized carbons (Fsp3) is 0.857. The number of nitrogens with zero attached hydrogens (tertiary/aromatic N) is 1. The Kier molecular flexibility index (Phi) is 0.944. The molecule has 1 aliphatic carbocycles. The molecule has 1 saturated carbocycles. The second kappa shape index (κ2) is 1.53. The molecular formula is C7H12N2O. The predicted octanol–water partition coefficient (Wildman–Crippen LogP) is -0.434. The maximum Gasteiger partial charge on any atom is 0.219 e. The van der Waals surface area contributed by atoms with E-state index >= 15 is 0 Å². The Balaban J connectivity index is 2.04. The summed E-state index contributed by atoms with van der Waals surface area (Å²) in [5.74, 6) is 0.772. The molecule has 2 rings (SSSR count). The molecule has 0 aromatic heterocycles. The van der Waals surface area contributed by atoms with Crippen molar-refractivity contribution in [2.75, 3.05) is 13.1 Å². The van der Waals surface area contributed by atoms with Crippen LogP contribution < -0.4 is 5.73 Å². The molecule has 56 valence electrons. The molecule has 2 aliphatic rings. The van der Waals surface area contributed by atoms with Crippen LogP contribution in [0.4, 0.5) is 0 Å². The van der Waals surface area contributed by atoms with E-state index in [9.17, 15) is 4.79 Å². The number of hydrogen-bond donors (Lipinski definition) is 1. The normalized spacial score (nSPS) is 43.4. The van der Waals surface area contributed by atoms with Crippen LogP contribution in [0.15, 0.2) is 0 Å². The van der Waals surface area contributed by atoms with E-state index in [1.807, 2.05) is 4.90 Å². The second-order valence-corrected chi connectivity index (χ2v) is 3.53. The molecule has 0 spiro atoms. The van der Waals surface area contributed by atoms with Crippen molar-refractivity contribution >= 4 is 5.91 Å². The standard InChI is InChI=1S/C7H12N2O/c1-5(10)9-3-6-2-7(6,8)4-9/h6H,2-4,8H2,1H3/t6?,7-/m0/s1. The lowest BCUT2D eigenvalue weighted by atomic mass is 10.3. The van der Waals surface area contributed by atoms with Gasteiger partial charge < -0.3 is 10.6 Å². The molecule has 1 aliphatic heterocycles. The first kappa shape index (κ1) is 6.16. The van der Waals surface area contributed by atoms with Crippen molar-refractivity contribution in [1.82, 2.24) is 4.90 Å². The molecule has 1 saturated heterocycles. The van der Waals surface area contributed by atoms with Gasteiger partial charge in [-0.25, -0.2) is 0 Å². The van der Waals surface area contributed by atoms with Crippen molar-refractivity contribution in [3.05, 3.63) is 0 Å². The summed E-state index contributed by atoms with van der Waals surface area (Å²) in [4.78, 5) is 12.7. The zero-order valence-corrected chi connectivity index (χ0v) is 6.13. The van der Waals surface area contributed by atoms with Crippen molar-refractivity contribution in [2.24, 2.45) is 11.7 Å². The highest BCUT2D eigenvalue weighted by molar-refractivity contribution is 5.74. The van der Waals surface area contributed by atoms with E-state index in [0.29, 0.717) is 5.92 Å². The van der Waals surface area contributed by atoms with Gasteiger partial charge in [-0.05, 0) is 12.3 Å². The van der Waals surface area contributed by atoms with E-state index in [1.165, 1.54) is 0 Å². The van der Waals surface area contributed by atoms with Crippen LogP contribution in [0.2, 0.25) is 0 Å². The molecule has 0 bridgehead atoms. The number of likely N-dealkylation sites (tertiary alicyclic amines) is 1. The van der Waals surface area contributed by atoms with E-state index in [4.69, 9.17) is 5.73 Å². The average Bonchev–Trinajstić information content (AvgIpc) is 2.32. The minimum atomic E-state index is 0.0195. The summed E-state index contributed by atoms with van der Waals surface area (Å²) in [5, 5.41) is 0. The van der Waals surface area contributed by atoms with Crippen LogP contribution in [0.25, 0.3) is 0 Å².